The van der Waals surface area contributed by atoms with Crippen LogP contribution >= 0.6 is 0 Å². The normalized spacial score (nSPS) is 16.1. The molecule has 92 valence electrons. The predicted molar refractivity (Wildman–Crippen MR) is 65.1 cm³/mol. The number of nitrogens with zero attached hydrogens (tertiary/aromatic N) is 3. The average molecular weight is 245 g/mol. The van der Waals surface area contributed by atoms with Gasteiger partial charge in [0.25, 0.3) is 0 Å². The quantitative estimate of drug-likeness (QED) is 0.758. The maximum absolute atomic E-state index is 11.8. The summed E-state index contributed by atoms with van der Waals surface area (Å²) in [6.45, 7) is 0.348. The van der Waals surface area contributed by atoms with Crippen LogP contribution in [0.15, 0.2) is 24.4 Å². The minimum absolute atomic E-state index is 0.257. The third kappa shape index (κ3) is 1.48. The smallest absolute Gasteiger partial charge is 0.328 e. The van der Waals surface area contributed by atoms with Crippen LogP contribution in [0.5, 0.6) is 0 Å². The van der Waals surface area contributed by atoms with Gasteiger partial charge in [0, 0.05) is 13.0 Å². The summed E-state index contributed by atoms with van der Waals surface area (Å²) in [5.41, 5.74) is 7.16. The van der Waals surface area contributed by atoms with Crippen molar-refractivity contribution in [2.24, 2.45) is 0 Å². The van der Waals surface area contributed by atoms with Crippen LogP contribution in [0.25, 0.3) is 5.52 Å². The molecule has 0 unspecified atom stereocenters. The van der Waals surface area contributed by atoms with Crippen LogP contribution in [0, 0.1) is 0 Å². The van der Waals surface area contributed by atoms with Gasteiger partial charge in [0.1, 0.15) is 5.82 Å². The van der Waals surface area contributed by atoms with E-state index in [2.05, 4.69) is 10.4 Å². The molecule has 3 rings (SSSR count). The van der Waals surface area contributed by atoms with Crippen molar-refractivity contribution in [2.45, 2.75) is 6.42 Å². The summed E-state index contributed by atoms with van der Waals surface area (Å²) in [5, 5.41) is 6.41. The number of carbonyl (C=O) groups is 2. The third-order valence-corrected chi connectivity index (χ3v) is 2.90. The Balaban J connectivity index is 2.07. The number of nitrogens with one attached hydrogen (secondary N) is 1. The van der Waals surface area contributed by atoms with Crippen molar-refractivity contribution >= 4 is 29.0 Å². The number of fused-ring (bicyclic) bond motifs is 1. The maximum Gasteiger partial charge on any atom is 0.328 e. The first kappa shape index (κ1) is 10.6. The van der Waals surface area contributed by atoms with E-state index in [0.29, 0.717) is 18.1 Å². The van der Waals surface area contributed by atoms with E-state index in [4.69, 9.17) is 5.73 Å². The Labute approximate surface area is 102 Å². The van der Waals surface area contributed by atoms with Gasteiger partial charge in [0.15, 0.2) is 0 Å². The van der Waals surface area contributed by atoms with Gasteiger partial charge in [-0.25, -0.2) is 9.31 Å². The number of imide groups is 1. The molecule has 3 N–H and O–H groups in total. The number of aromatic nitrogens is 2. The van der Waals surface area contributed by atoms with Crippen molar-refractivity contribution < 1.29 is 9.59 Å². The molecular formula is C11H11N5O2. The number of anilines is 2. The molecule has 0 atom stereocenters. The highest BCUT2D eigenvalue weighted by Gasteiger charge is 2.26. The van der Waals surface area contributed by atoms with E-state index in [1.54, 1.807) is 22.8 Å². The van der Waals surface area contributed by atoms with E-state index in [1.165, 1.54) is 4.90 Å². The number of rotatable bonds is 1. The first-order valence-corrected chi connectivity index (χ1v) is 5.50. The fourth-order valence-electron chi connectivity index (χ4n) is 2.02. The zero-order valence-electron chi connectivity index (χ0n) is 9.46. The summed E-state index contributed by atoms with van der Waals surface area (Å²) in [5.74, 6) is 0.236. The Hall–Kier alpha value is -2.57. The molecule has 0 aliphatic carbocycles. The Bertz CT molecular complexity index is 648. The van der Waals surface area contributed by atoms with Gasteiger partial charge in [-0.1, -0.05) is 6.07 Å². The van der Waals surface area contributed by atoms with Gasteiger partial charge in [-0.15, -0.1) is 0 Å². The summed E-state index contributed by atoms with van der Waals surface area (Å²) in [4.78, 5) is 24.4. The van der Waals surface area contributed by atoms with Crippen LogP contribution in [0.2, 0.25) is 0 Å². The summed E-state index contributed by atoms with van der Waals surface area (Å²) < 4.78 is 1.55. The molecule has 1 aliphatic heterocycles. The molecule has 2 aromatic heterocycles. The number of hydrogen-bond acceptors (Lipinski definition) is 4. The molecule has 1 saturated heterocycles. The Morgan fingerprint density at radius 2 is 2.17 bits per heavy atom. The molecule has 1 aliphatic rings. The lowest BCUT2D eigenvalue weighted by atomic mass is 10.2. The van der Waals surface area contributed by atoms with Crippen molar-refractivity contribution in [3.63, 3.8) is 0 Å². The molecule has 3 heterocycles. The lowest BCUT2D eigenvalue weighted by Gasteiger charge is -2.25. The minimum atomic E-state index is -0.427. The van der Waals surface area contributed by atoms with Crippen LogP contribution in [0.4, 0.5) is 16.3 Å². The molecule has 0 aromatic carbocycles. The van der Waals surface area contributed by atoms with E-state index >= 15 is 0 Å². The van der Waals surface area contributed by atoms with Crippen LogP contribution in [0.3, 0.4) is 0 Å². The standard InChI is InChI=1S/C11H11N5O2/c12-9-3-1-2-7-8(6-13-16(7)9)15-5-4-10(17)14-11(15)18/h1-3,6H,4-5,12H2,(H,14,17,18). The molecule has 0 spiro atoms. The number of nitrogens with two attached hydrogens (primary N) is 1. The second kappa shape index (κ2) is 3.73. The topological polar surface area (TPSA) is 92.7 Å². The third-order valence-electron chi connectivity index (χ3n) is 2.90. The average Bonchev–Trinajstić information content (AvgIpc) is 2.74. The summed E-state index contributed by atoms with van der Waals surface area (Å²) in [6.07, 6.45) is 1.85. The first-order chi connectivity index (χ1) is 8.66. The van der Waals surface area contributed by atoms with Gasteiger partial charge in [-0.05, 0) is 12.1 Å². The van der Waals surface area contributed by atoms with Crippen LogP contribution in [0.1, 0.15) is 6.42 Å². The van der Waals surface area contributed by atoms with E-state index in [0.717, 1.165) is 5.52 Å². The Kier molecular flexibility index (Phi) is 2.19. The number of carbonyl (C=O) groups excluding carboxylic acids is 2. The van der Waals surface area contributed by atoms with Crippen molar-refractivity contribution in [1.29, 1.82) is 0 Å². The van der Waals surface area contributed by atoms with Gasteiger partial charge in [0.05, 0.1) is 17.4 Å². The number of pyridine rings is 1. The summed E-state index contributed by atoms with van der Waals surface area (Å²) in [7, 11) is 0. The van der Waals surface area contributed by atoms with Crippen molar-refractivity contribution in [3.05, 3.63) is 24.4 Å². The van der Waals surface area contributed by atoms with E-state index in [-0.39, 0.29) is 12.3 Å². The van der Waals surface area contributed by atoms with Gasteiger partial charge < -0.3 is 5.73 Å². The Morgan fingerprint density at radius 1 is 1.33 bits per heavy atom. The fourth-order valence-corrected chi connectivity index (χ4v) is 2.02. The monoisotopic (exact) mass is 245 g/mol. The van der Waals surface area contributed by atoms with Gasteiger partial charge in [-0.2, -0.15) is 5.10 Å². The lowest BCUT2D eigenvalue weighted by Crippen LogP contribution is -2.49. The van der Waals surface area contributed by atoms with Crippen LogP contribution < -0.4 is 16.0 Å². The SMILES string of the molecule is Nc1cccc2c(N3CCC(=O)NC3=O)cnn12. The van der Waals surface area contributed by atoms with Crippen molar-refractivity contribution in [2.75, 3.05) is 17.2 Å². The predicted octanol–water partition coefficient (Wildman–Crippen LogP) is 0.363. The largest absolute Gasteiger partial charge is 0.384 e. The zero-order chi connectivity index (χ0) is 12.7. The number of nitrogen functional groups attached to an aromatic ring is 1. The van der Waals surface area contributed by atoms with Crippen molar-refractivity contribution in [3.8, 4) is 0 Å². The fraction of sp³-hybridized carbons (Fsp3) is 0.182. The number of urea groups is 1. The second-order valence-corrected chi connectivity index (χ2v) is 4.03. The summed E-state index contributed by atoms with van der Waals surface area (Å²) in [6, 6.07) is 4.91. The van der Waals surface area contributed by atoms with Gasteiger partial charge >= 0.3 is 6.03 Å². The minimum Gasteiger partial charge on any atom is -0.384 e. The molecule has 2 aromatic rings. The van der Waals surface area contributed by atoms with E-state index in [9.17, 15) is 9.59 Å². The Morgan fingerprint density at radius 3 is 2.94 bits per heavy atom. The molecule has 0 saturated carbocycles. The molecule has 3 amide bonds. The van der Waals surface area contributed by atoms with Crippen molar-refractivity contribution in [1.82, 2.24) is 14.9 Å². The highest BCUT2D eigenvalue weighted by atomic mass is 16.2. The molecule has 7 heteroatoms. The number of amides is 3. The molecule has 1 fully saturated rings. The highest BCUT2D eigenvalue weighted by Crippen LogP contribution is 2.24. The van der Waals surface area contributed by atoms with E-state index < -0.39 is 6.03 Å². The molecule has 18 heavy (non-hydrogen) atoms. The maximum atomic E-state index is 11.8. The van der Waals surface area contributed by atoms with Gasteiger partial charge in [-0.3, -0.25) is 15.0 Å². The second-order valence-electron chi connectivity index (χ2n) is 4.03. The lowest BCUT2D eigenvalue weighted by molar-refractivity contribution is -0.120. The zero-order valence-corrected chi connectivity index (χ0v) is 9.46. The molecule has 0 radical (unpaired) electrons. The van der Waals surface area contributed by atoms with Gasteiger partial charge in [0.2, 0.25) is 5.91 Å². The molecule has 0 bridgehead atoms. The highest BCUT2D eigenvalue weighted by molar-refractivity contribution is 6.07. The molecular weight excluding hydrogens is 234 g/mol. The van der Waals surface area contributed by atoms with E-state index in [1.807, 2.05) is 6.07 Å². The van der Waals surface area contributed by atoms with Crippen LogP contribution in [-0.2, 0) is 4.79 Å². The number of hydrogen-bond donors (Lipinski definition) is 2. The molecule has 7 nitrogen and oxygen atoms in total. The summed E-state index contributed by atoms with van der Waals surface area (Å²) >= 11 is 0. The van der Waals surface area contributed by atoms with Crippen LogP contribution in [-0.4, -0.2) is 28.1 Å². The first-order valence-electron chi connectivity index (χ1n) is 5.50.